The van der Waals surface area contributed by atoms with Crippen molar-refractivity contribution in [3.05, 3.63) is 46.2 Å². The van der Waals surface area contributed by atoms with E-state index in [4.69, 9.17) is 32.7 Å². The second kappa shape index (κ2) is 8.08. The molecule has 1 amide bonds. The lowest BCUT2D eigenvalue weighted by atomic mass is 10.2. The van der Waals surface area contributed by atoms with Gasteiger partial charge in [-0.25, -0.2) is 4.39 Å². The quantitative estimate of drug-likeness (QED) is 0.797. The Morgan fingerprint density at radius 1 is 1.08 bits per heavy atom. The molecule has 0 spiro atoms. The van der Waals surface area contributed by atoms with Crippen molar-refractivity contribution in [2.75, 3.05) is 31.4 Å². The van der Waals surface area contributed by atoms with Gasteiger partial charge in [0, 0.05) is 11.1 Å². The molecule has 2 aromatic rings. The van der Waals surface area contributed by atoms with Gasteiger partial charge >= 0.3 is 0 Å². The van der Waals surface area contributed by atoms with Crippen LogP contribution in [0.2, 0.25) is 10.0 Å². The van der Waals surface area contributed by atoms with E-state index in [9.17, 15) is 9.18 Å². The first kappa shape index (κ1) is 18.2. The molecule has 24 heavy (non-hydrogen) atoms. The minimum atomic E-state index is -0.541. The average molecular weight is 373 g/mol. The van der Waals surface area contributed by atoms with Crippen molar-refractivity contribution in [2.45, 2.75) is 0 Å². The number of benzene rings is 2. The van der Waals surface area contributed by atoms with Crippen LogP contribution in [0.1, 0.15) is 0 Å². The summed E-state index contributed by atoms with van der Waals surface area (Å²) >= 11 is 11.7. The maximum atomic E-state index is 13.7. The predicted molar refractivity (Wildman–Crippen MR) is 93.1 cm³/mol. The van der Waals surface area contributed by atoms with Gasteiger partial charge < -0.3 is 20.1 Å². The third-order valence-electron chi connectivity index (χ3n) is 3.12. The summed E-state index contributed by atoms with van der Waals surface area (Å²) < 4.78 is 23.9. The van der Waals surface area contributed by atoms with Gasteiger partial charge in [0.1, 0.15) is 17.3 Å². The molecule has 0 saturated heterocycles. The number of anilines is 2. The van der Waals surface area contributed by atoms with E-state index >= 15 is 0 Å². The van der Waals surface area contributed by atoms with Crippen molar-refractivity contribution in [1.29, 1.82) is 0 Å². The number of rotatable bonds is 6. The van der Waals surface area contributed by atoms with Gasteiger partial charge in [-0.3, -0.25) is 4.79 Å². The van der Waals surface area contributed by atoms with Crippen molar-refractivity contribution in [2.24, 2.45) is 0 Å². The maximum absolute atomic E-state index is 13.7. The van der Waals surface area contributed by atoms with Crippen LogP contribution in [0.5, 0.6) is 11.5 Å². The first-order chi connectivity index (χ1) is 11.4. The Morgan fingerprint density at radius 3 is 2.42 bits per heavy atom. The normalized spacial score (nSPS) is 10.2. The van der Waals surface area contributed by atoms with Gasteiger partial charge in [-0.2, -0.15) is 0 Å². The van der Waals surface area contributed by atoms with Gasteiger partial charge in [0.05, 0.1) is 37.2 Å². The Kier molecular flexibility index (Phi) is 6.11. The largest absolute Gasteiger partial charge is 0.495 e. The van der Waals surface area contributed by atoms with Crippen LogP contribution in [-0.4, -0.2) is 26.7 Å². The molecule has 0 bridgehead atoms. The summed E-state index contributed by atoms with van der Waals surface area (Å²) in [5, 5.41) is 5.93. The fourth-order valence-electron chi connectivity index (χ4n) is 1.96. The number of amides is 1. The summed E-state index contributed by atoms with van der Waals surface area (Å²) in [6.07, 6.45) is 0. The fourth-order valence-corrected chi connectivity index (χ4v) is 2.36. The van der Waals surface area contributed by atoms with Gasteiger partial charge in [-0.05, 0) is 24.3 Å². The smallest absolute Gasteiger partial charge is 0.243 e. The second-order valence-corrected chi connectivity index (χ2v) is 5.56. The molecule has 0 unspecified atom stereocenters. The minimum Gasteiger partial charge on any atom is -0.495 e. The number of halogens is 3. The lowest BCUT2D eigenvalue weighted by Gasteiger charge is -2.13. The molecule has 2 N–H and O–H groups in total. The number of nitrogens with one attached hydrogen (secondary N) is 2. The zero-order chi connectivity index (χ0) is 17.7. The molecule has 0 heterocycles. The zero-order valence-electron chi connectivity index (χ0n) is 13.0. The molecule has 0 aromatic heterocycles. The highest BCUT2D eigenvalue weighted by molar-refractivity contribution is 6.32. The number of ether oxygens (including phenoxy) is 2. The highest BCUT2D eigenvalue weighted by Gasteiger charge is 2.13. The van der Waals surface area contributed by atoms with E-state index in [1.165, 1.54) is 32.4 Å². The summed E-state index contributed by atoms with van der Waals surface area (Å²) in [5.41, 5.74) is 0.556. The number of carbonyl (C=O) groups is 1. The summed E-state index contributed by atoms with van der Waals surface area (Å²) in [4.78, 5) is 12.0. The molecule has 0 fully saturated rings. The zero-order valence-corrected chi connectivity index (χ0v) is 14.5. The topological polar surface area (TPSA) is 59.6 Å². The van der Waals surface area contributed by atoms with Gasteiger partial charge in [0.15, 0.2) is 0 Å². The standard InChI is InChI=1S/C16H15Cl2FN2O3/c1-23-14-7-15(24-2)13(6-10(14)18)21-16(22)8-20-12-4-3-9(17)5-11(12)19/h3-7,20H,8H2,1-2H3,(H,21,22). The van der Waals surface area contributed by atoms with Crippen LogP contribution in [0.3, 0.4) is 0 Å². The number of carbonyl (C=O) groups excluding carboxylic acids is 1. The maximum Gasteiger partial charge on any atom is 0.243 e. The SMILES string of the molecule is COc1cc(OC)c(NC(=O)CNc2ccc(Cl)cc2F)cc1Cl. The van der Waals surface area contributed by atoms with Crippen molar-refractivity contribution >= 4 is 40.5 Å². The number of methoxy groups -OCH3 is 2. The highest BCUT2D eigenvalue weighted by Crippen LogP contribution is 2.35. The Morgan fingerprint density at radius 2 is 1.79 bits per heavy atom. The molecule has 0 atom stereocenters. The first-order valence-corrected chi connectivity index (χ1v) is 7.60. The molecular formula is C16H15Cl2FN2O3. The molecule has 2 rings (SSSR count). The summed E-state index contributed by atoms with van der Waals surface area (Å²) in [6, 6.07) is 7.21. The molecule has 128 valence electrons. The third kappa shape index (κ3) is 4.43. The minimum absolute atomic E-state index is 0.147. The molecule has 0 aliphatic heterocycles. The van der Waals surface area contributed by atoms with Crippen molar-refractivity contribution < 1.29 is 18.7 Å². The Hall–Kier alpha value is -2.18. The summed E-state index contributed by atoms with van der Waals surface area (Å²) in [7, 11) is 2.93. The molecule has 0 radical (unpaired) electrons. The lowest BCUT2D eigenvalue weighted by Crippen LogP contribution is -2.22. The summed E-state index contributed by atoms with van der Waals surface area (Å²) in [6.45, 7) is -0.147. The molecular weight excluding hydrogens is 358 g/mol. The van der Waals surface area contributed by atoms with E-state index in [1.54, 1.807) is 6.07 Å². The van der Waals surface area contributed by atoms with Crippen LogP contribution in [0.15, 0.2) is 30.3 Å². The van der Waals surface area contributed by atoms with E-state index in [0.29, 0.717) is 22.2 Å². The highest BCUT2D eigenvalue weighted by atomic mass is 35.5. The Labute approximate surface area is 148 Å². The van der Waals surface area contributed by atoms with Gasteiger partial charge in [0.2, 0.25) is 5.91 Å². The third-order valence-corrected chi connectivity index (χ3v) is 3.65. The summed E-state index contributed by atoms with van der Waals surface area (Å²) in [5.74, 6) is -0.126. The second-order valence-electron chi connectivity index (χ2n) is 4.71. The molecule has 0 aliphatic rings. The van der Waals surface area contributed by atoms with Crippen LogP contribution < -0.4 is 20.1 Å². The molecule has 0 saturated carbocycles. The van der Waals surface area contributed by atoms with Gasteiger partial charge in [-0.1, -0.05) is 23.2 Å². The molecule has 8 heteroatoms. The van der Waals surface area contributed by atoms with Gasteiger partial charge in [-0.15, -0.1) is 0 Å². The fraction of sp³-hybridized carbons (Fsp3) is 0.188. The first-order valence-electron chi connectivity index (χ1n) is 6.85. The van der Waals surface area contributed by atoms with Crippen LogP contribution in [-0.2, 0) is 4.79 Å². The Balaban J connectivity index is 2.05. The molecule has 0 aliphatic carbocycles. The Bertz CT molecular complexity index is 756. The lowest BCUT2D eigenvalue weighted by molar-refractivity contribution is -0.114. The van der Waals surface area contributed by atoms with Crippen LogP contribution >= 0.6 is 23.2 Å². The monoisotopic (exact) mass is 372 g/mol. The van der Waals surface area contributed by atoms with Crippen LogP contribution in [0, 0.1) is 5.82 Å². The van der Waals surface area contributed by atoms with E-state index in [1.807, 2.05) is 0 Å². The van der Waals surface area contributed by atoms with Crippen molar-refractivity contribution in [3.8, 4) is 11.5 Å². The molecule has 5 nitrogen and oxygen atoms in total. The van der Waals surface area contributed by atoms with E-state index in [-0.39, 0.29) is 17.3 Å². The number of hydrogen-bond acceptors (Lipinski definition) is 4. The van der Waals surface area contributed by atoms with Crippen LogP contribution in [0.25, 0.3) is 0 Å². The van der Waals surface area contributed by atoms with E-state index < -0.39 is 11.7 Å². The van der Waals surface area contributed by atoms with Crippen molar-refractivity contribution in [1.82, 2.24) is 0 Å². The van der Waals surface area contributed by atoms with Gasteiger partial charge in [0.25, 0.3) is 0 Å². The average Bonchev–Trinajstić information content (AvgIpc) is 2.54. The molecule has 2 aromatic carbocycles. The van der Waals surface area contributed by atoms with E-state index in [2.05, 4.69) is 10.6 Å². The van der Waals surface area contributed by atoms with Crippen LogP contribution in [0.4, 0.5) is 15.8 Å². The van der Waals surface area contributed by atoms with Crippen molar-refractivity contribution in [3.63, 3.8) is 0 Å². The number of hydrogen-bond donors (Lipinski definition) is 2. The predicted octanol–water partition coefficient (Wildman–Crippen LogP) is 4.20. The van der Waals surface area contributed by atoms with E-state index in [0.717, 1.165) is 6.07 Å².